The highest BCUT2D eigenvalue weighted by Crippen LogP contribution is 2.30. The maximum Gasteiger partial charge on any atom is 0.344 e. The second-order valence-electron chi connectivity index (χ2n) is 7.55. The predicted octanol–water partition coefficient (Wildman–Crippen LogP) is 1.45. The van der Waals surface area contributed by atoms with Crippen molar-refractivity contribution in [2.24, 2.45) is 0 Å². The number of ether oxygens (including phenoxy) is 1. The van der Waals surface area contributed by atoms with E-state index in [1.807, 2.05) is 19.1 Å². The van der Waals surface area contributed by atoms with Gasteiger partial charge in [0.15, 0.2) is 0 Å². The van der Waals surface area contributed by atoms with Crippen molar-refractivity contribution >= 4 is 16.7 Å². The van der Waals surface area contributed by atoms with Crippen LogP contribution in [0.25, 0.3) is 22.1 Å². The first-order chi connectivity index (χ1) is 14.4. The molecule has 0 aliphatic carbocycles. The third kappa shape index (κ3) is 3.59. The molecule has 8 nitrogen and oxygen atoms in total. The van der Waals surface area contributed by atoms with Crippen LogP contribution in [0.15, 0.2) is 51.9 Å². The quantitative estimate of drug-likeness (QED) is 0.475. The molecule has 0 bridgehead atoms. The van der Waals surface area contributed by atoms with E-state index in [9.17, 15) is 20.1 Å². The Kier molecular flexibility index (Phi) is 5.57. The molecule has 0 saturated carbocycles. The highest BCUT2D eigenvalue weighted by atomic mass is 16.5. The fourth-order valence-electron chi connectivity index (χ4n) is 4.00. The number of aryl methyl sites for hydroxylation is 1. The molecule has 8 heteroatoms. The largest absolute Gasteiger partial charge is 0.422 e. The van der Waals surface area contributed by atoms with E-state index in [0.29, 0.717) is 16.8 Å². The summed E-state index contributed by atoms with van der Waals surface area (Å²) in [5, 5.41) is 33.8. The van der Waals surface area contributed by atoms with Gasteiger partial charge in [-0.05, 0) is 49.2 Å². The molecular weight excluding hydrogens is 388 g/mol. The second kappa shape index (κ2) is 8.16. The van der Waals surface area contributed by atoms with Crippen molar-refractivity contribution in [1.29, 1.82) is 0 Å². The Bertz CT molecular complexity index is 1100. The van der Waals surface area contributed by atoms with Crippen molar-refractivity contribution in [2.45, 2.75) is 44.3 Å². The summed E-state index contributed by atoms with van der Waals surface area (Å²) in [4.78, 5) is 16.6. The van der Waals surface area contributed by atoms with E-state index in [1.165, 1.54) is 0 Å². The molecule has 4 N–H and O–H groups in total. The third-order valence-corrected chi connectivity index (χ3v) is 5.64. The van der Waals surface area contributed by atoms with Crippen LogP contribution in [0.4, 0.5) is 5.69 Å². The Hall–Kier alpha value is -2.78. The van der Waals surface area contributed by atoms with E-state index in [1.54, 1.807) is 37.5 Å². The van der Waals surface area contributed by atoms with Gasteiger partial charge in [0.1, 0.15) is 23.9 Å². The van der Waals surface area contributed by atoms with Crippen LogP contribution in [0.1, 0.15) is 12.5 Å². The second-order valence-corrected chi connectivity index (χ2v) is 7.55. The number of rotatable bonds is 4. The van der Waals surface area contributed by atoms with Gasteiger partial charge in [0.25, 0.3) is 0 Å². The number of hydrogen-bond donors (Lipinski definition) is 4. The number of benzene rings is 1. The van der Waals surface area contributed by atoms with Gasteiger partial charge in [-0.3, -0.25) is 4.98 Å². The minimum absolute atomic E-state index is 0.379. The summed E-state index contributed by atoms with van der Waals surface area (Å²) in [5.41, 5.74) is 2.61. The molecular formula is C22H24N2O6. The van der Waals surface area contributed by atoms with E-state index < -0.39 is 36.1 Å². The number of nitrogens with one attached hydrogen (secondary N) is 1. The van der Waals surface area contributed by atoms with E-state index >= 15 is 0 Å². The average molecular weight is 412 g/mol. The predicted molar refractivity (Wildman–Crippen MR) is 111 cm³/mol. The monoisotopic (exact) mass is 412 g/mol. The van der Waals surface area contributed by atoms with Crippen molar-refractivity contribution in [1.82, 2.24) is 4.98 Å². The fraction of sp³-hybridized carbons (Fsp3) is 0.364. The molecule has 0 spiro atoms. The Balaban J connectivity index is 1.67. The molecule has 30 heavy (non-hydrogen) atoms. The SMILES string of the molecule is Cc1c(-c2ccncc2)c(=O)oc2cc(NC3C(C)OC(CO)C(O)C3O)ccc12. The molecule has 3 aromatic rings. The van der Waals surface area contributed by atoms with E-state index in [-0.39, 0.29) is 6.61 Å². The molecule has 5 unspecified atom stereocenters. The highest BCUT2D eigenvalue weighted by Gasteiger charge is 2.42. The molecule has 1 aliphatic rings. The summed E-state index contributed by atoms with van der Waals surface area (Å²) in [6.45, 7) is 3.24. The van der Waals surface area contributed by atoms with Gasteiger partial charge in [-0.2, -0.15) is 0 Å². The zero-order valence-corrected chi connectivity index (χ0v) is 16.6. The summed E-state index contributed by atoms with van der Waals surface area (Å²) in [7, 11) is 0. The van der Waals surface area contributed by atoms with Gasteiger partial charge in [0, 0.05) is 29.5 Å². The van der Waals surface area contributed by atoms with Gasteiger partial charge in [-0.15, -0.1) is 0 Å². The van der Waals surface area contributed by atoms with Crippen molar-refractivity contribution in [3.05, 3.63) is 58.7 Å². The van der Waals surface area contributed by atoms with Crippen molar-refractivity contribution < 1.29 is 24.5 Å². The standard InChI is InChI=1S/C22H24N2O6/c1-11-15-4-3-14(24-19-12(2)29-17(10-25)20(26)21(19)27)9-16(15)30-22(28)18(11)13-5-7-23-8-6-13/h3-9,12,17,19-21,24-27H,10H2,1-2H3. The summed E-state index contributed by atoms with van der Waals surface area (Å²) < 4.78 is 11.2. The number of anilines is 1. The molecule has 3 heterocycles. The molecule has 1 saturated heterocycles. The molecule has 1 aliphatic heterocycles. The van der Waals surface area contributed by atoms with Crippen LogP contribution < -0.4 is 10.9 Å². The Morgan fingerprint density at radius 1 is 1.13 bits per heavy atom. The fourth-order valence-corrected chi connectivity index (χ4v) is 4.00. The van der Waals surface area contributed by atoms with Gasteiger partial charge in [-0.1, -0.05) is 0 Å². The summed E-state index contributed by atoms with van der Waals surface area (Å²) in [6.07, 6.45) is -0.396. The van der Waals surface area contributed by atoms with E-state index in [2.05, 4.69) is 10.3 Å². The van der Waals surface area contributed by atoms with Crippen LogP contribution >= 0.6 is 0 Å². The van der Waals surface area contributed by atoms with Crippen LogP contribution in [0.3, 0.4) is 0 Å². The number of aromatic nitrogens is 1. The first-order valence-corrected chi connectivity index (χ1v) is 9.77. The maximum absolute atomic E-state index is 12.6. The van der Waals surface area contributed by atoms with E-state index in [4.69, 9.17) is 9.15 Å². The minimum atomic E-state index is -1.22. The number of nitrogens with zero attached hydrogens (tertiary/aromatic N) is 1. The average Bonchev–Trinajstić information content (AvgIpc) is 2.74. The molecule has 1 aromatic carbocycles. The van der Waals surface area contributed by atoms with Crippen molar-refractivity contribution in [3.8, 4) is 11.1 Å². The van der Waals surface area contributed by atoms with Crippen LogP contribution in [0, 0.1) is 6.92 Å². The van der Waals surface area contributed by atoms with Gasteiger partial charge in [0.05, 0.1) is 24.3 Å². The Morgan fingerprint density at radius 3 is 2.57 bits per heavy atom. The normalized spacial score (nSPS) is 26.6. The van der Waals surface area contributed by atoms with Crippen LogP contribution in [0.2, 0.25) is 0 Å². The first-order valence-electron chi connectivity index (χ1n) is 9.77. The third-order valence-electron chi connectivity index (χ3n) is 5.64. The molecule has 4 rings (SSSR count). The summed E-state index contributed by atoms with van der Waals surface area (Å²) >= 11 is 0. The van der Waals surface area contributed by atoms with Gasteiger partial charge >= 0.3 is 5.63 Å². The smallest absolute Gasteiger partial charge is 0.344 e. The highest BCUT2D eigenvalue weighted by molar-refractivity contribution is 5.88. The Morgan fingerprint density at radius 2 is 1.87 bits per heavy atom. The topological polar surface area (TPSA) is 125 Å². The maximum atomic E-state index is 12.6. The van der Waals surface area contributed by atoms with Crippen LogP contribution in [0.5, 0.6) is 0 Å². The van der Waals surface area contributed by atoms with Gasteiger partial charge < -0.3 is 29.8 Å². The number of pyridine rings is 1. The molecule has 158 valence electrons. The number of aliphatic hydroxyl groups is 3. The van der Waals surface area contributed by atoms with Crippen LogP contribution in [-0.4, -0.2) is 57.4 Å². The van der Waals surface area contributed by atoms with E-state index in [0.717, 1.165) is 16.5 Å². The first kappa shape index (κ1) is 20.5. The lowest BCUT2D eigenvalue weighted by molar-refractivity contribution is -0.180. The molecule has 0 radical (unpaired) electrons. The summed E-state index contributed by atoms with van der Waals surface area (Å²) in [5.74, 6) is 0. The lowest BCUT2D eigenvalue weighted by Crippen LogP contribution is -2.60. The number of hydrogen-bond acceptors (Lipinski definition) is 8. The molecule has 1 fully saturated rings. The zero-order valence-electron chi connectivity index (χ0n) is 16.6. The lowest BCUT2D eigenvalue weighted by Gasteiger charge is -2.41. The molecule has 2 aromatic heterocycles. The van der Waals surface area contributed by atoms with Gasteiger partial charge in [-0.25, -0.2) is 4.79 Å². The molecule has 5 atom stereocenters. The zero-order chi connectivity index (χ0) is 21.4. The summed E-state index contributed by atoms with van der Waals surface area (Å²) in [6, 6.07) is 8.26. The van der Waals surface area contributed by atoms with Crippen molar-refractivity contribution in [2.75, 3.05) is 11.9 Å². The lowest BCUT2D eigenvalue weighted by atomic mass is 9.93. The number of aliphatic hydroxyl groups excluding tert-OH is 3. The Labute approximate surface area is 172 Å². The minimum Gasteiger partial charge on any atom is -0.422 e. The van der Waals surface area contributed by atoms with Gasteiger partial charge in [0.2, 0.25) is 0 Å². The number of fused-ring (bicyclic) bond motifs is 1. The van der Waals surface area contributed by atoms with Crippen LogP contribution in [-0.2, 0) is 4.74 Å². The van der Waals surface area contributed by atoms with Crippen molar-refractivity contribution in [3.63, 3.8) is 0 Å². The molecule has 0 amide bonds.